The molecule has 0 aliphatic heterocycles. The number of phenols is 2. The van der Waals surface area contributed by atoms with Gasteiger partial charge in [-0.25, -0.2) is 0 Å². The van der Waals surface area contributed by atoms with Crippen LogP contribution in [0.4, 0.5) is 0 Å². The van der Waals surface area contributed by atoms with Crippen LogP contribution in [0.1, 0.15) is 0 Å². The molecule has 2 N–H and O–H groups in total. The average molecular weight is 179 g/mol. The molecule has 0 saturated heterocycles. The first-order valence-corrected chi connectivity index (χ1v) is 3.49. The zero-order valence-electron chi connectivity index (χ0n) is 6.39. The van der Waals surface area contributed by atoms with Crippen LogP contribution in [-0.4, -0.2) is 15.4 Å². The van der Waals surface area contributed by atoms with Gasteiger partial charge in [0, 0.05) is 6.07 Å². The van der Waals surface area contributed by atoms with Crippen molar-refractivity contribution in [3.05, 3.63) is 28.6 Å². The van der Waals surface area contributed by atoms with E-state index in [9.17, 15) is 4.79 Å². The van der Waals surface area contributed by atoms with Gasteiger partial charge >= 0.3 is 0 Å². The molecule has 66 valence electrons. The summed E-state index contributed by atoms with van der Waals surface area (Å²) in [6, 6.07) is 2.28. The lowest BCUT2D eigenvalue weighted by molar-refractivity contribution is 0.399. The van der Waals surface area contributed by atoms with Gasteiger partial charge in [0.25, 0.3) is 0 Å². The highest BCUT2D eigenvalue weighted by Crippen LogP contribution is 2.27. The fourth-order valence-corrected chi connectivity index (χ4v) is 1.03. The molecule has 0 aliphatic carbocycles. The van der Waals surface area contributed by atoms with Gasteiger partial charge in [0.15, 0.2) is 17.1 Å². The summed E-state index contributed by atoms with van der Waals surface area (Å²) >= 11 is 0. The van der Waals surface area contributed by atoms with E-state index < -0.39 is 0 Å². The van der Waals surface area contributed by atoms with E-state index in [2.05, 4.69) is 5.16 Å². The Morgan fingerprint density at radius 2 is 1.92 bits per heavy atom. The van der Waals surface area contributed by atoms with Gasteiger partial charge in [-0.3, -0.25) is 4.79 Å². The fraction of sp³-hybridized carbons (Fsp3) is 0. The summed E-state index contributed by atoms with van der Waals surface area (Å²) in [7, 11) is 0. The monoisotopic (exact) mass is 179 g/mol. The van der Waals surface area contributed by atoms with Crippen LogP contribution >= 0.6 is 0 Å². The normalized spacial score (nSPS) is 10.5. The zero-order valence-corrected chi connectivity index (χ0v) is 6.39. The Morgan fingerprint density at radius 1 is 1.23 bits per heavy atom. The molecule has 0 spiro atoms. The van der Waals surface area contributed by atoms with Crippen LogP contribution < -0.4 is 5.43 Å². The maximum absolute atomic E-state index is 11.1. The summed E-state index contributed by atoms with van der Waals surface area (Å²) in [5.74, 6) is -0.699. The van der Waals surface area contributed by atoms with E-state index in [1.54, 1.807) is 0 Å². The van der Waals surface area contributed by atoms with Crippen molar-refractivity contribution in [2.24, 2.45) is 0 Å². The molecular formula is C8H5NO4. The van der Waals surface area contributed by atoms with Gasteiger partial charge in [0.05, 0.1) is 5.39 Å². The summed E-state index contributed by atoms with van der Waals surface area (Å²) in [6.07, 6.45) is 0.999. The molecule has 1 aromatic carbocycles. The van der Waals surface area contributed by atoms with Crippen molar-refractivity contribution in [1.82, 2.24) is 5.16 Å². The zero-order chi connectivity index (χ0) is 9.42. The number of fused-ring (bicyclic) bond motifs is 1. The predicted octanol–water partition coefficient (Wildman–Crippen LogP) is 0.599. The third-order valence-electron chi connectivity index (χ3n) is 1.66. The van der Waals surface area contributed by atoms with Crippen molar-refractivity contribution < 1.29 is 14.7 Å². The lowest BCUT2D eigenvalue weighted by atomic mass is 10.2. The SMILES string of the molecule is O=c1cnoc2cc(O)c(O)cc12. The Hall–Kier alpha value is -2.04. The summed E-state index contributed by atoms with van der Waals surface area (Å²) in [4.78, 5) is 11.1. The molecule has 2 rings (SSSR count). The van der Waals surface area contributed by atoms with Gasteiger partial charge in [-0.1, -0.05) is 5.16 Å². The Bertz CT molecular complexity index is 517. The smallest absolute Gasteiger partial charge is 0.211 e. The van der Waals surface area contributed by atoms with Gasteiger partial charge in [-0.2, -0.15) is 0 Å². The topological polar surface area (TPSA) is 83.6 Å². The Morgan fingerprint density at radius 3 is 2.69 bits per heavy atom. The molecule has 5 nitrogen and oxygen atoms in total. The molecule has 1 heterocycles. The molecule has 0 saturated carbocycles. The van der Waals surface area contributed by atoms with E-state index in [4.69, 9.17) is 14.7 Å². The molecule has 0 fully saturated rings. The van der Waals surface area contributed by atoms with Crippen LogP contribution in [0.25, 0.3) is 11.0 Å². The minimum Gasteiger partial charge on any atom is -0.504 e. The van der Waals surface area contributed by atoms with Gasteiger partial charge in [0.1, 0.15) is 6.20 Å². The number of nitrogens with zero attached hydrogens (tertiary/aromatic N) is 1. The second kappa shape index (κ2) is 2.48. The first kappa shape index (κ1) is 7.60. The van der Waals surface area contributed by atoms with E-state index in [-0.39, 0.29) is 27.9 Å². The Kier molecular flexibility index (Phi) is 1.45. The van der Waals surface area contributed by atoms with Crippen molar-refractivity contribution in [2.75, 3.05) is 0 Å². The fourth-order valence-electron chi connectivity index (χ4n) is 1.03. The predicted molar refractivity (Wildman–Crippen MR) is 43.6 cm³/mol. The second-order valence-corrected chi connectivity index (χ2v) is 2.53. The summed E-state index contributed by atoms with van der Waals surface area (Å²) < 4.78 is 4.71. The van der Waals surface area contributed by atoms with E-state index in [1.165, 1.54) is 0 Å². The molecule has 5 heteroatoms. The number of aromatic nitrogens is 1. The number of hydrogen-bond donors (Lipinski definition) is 2. The van der Waals surface area contributed by atoms with Crippen LogP contribution in [0.15, 0.2) is 27.6 Å². The van der Waals surface area contributed by atoms with E-state index in [0.717, 1.165) is 18.3 Å². The van der Waals surface area contributed by atoms with Crippen molar-refractivity contribution in [3.8, 4) is 11.5 Å². The third kappa shape index (κ3) is 1.10. The van der Waals surface area contributed by atoms with Crippen LogP contribution in [0.2, 0.25) is 0 Å². The van der Waals surface area contributed by atoms with E-state index in [0.29, 0.717) is 0 Å². The van der Waals surface area contributed by atoms with E-state index in [1.807, 2.05) is 0 Å². The largest absolute Gasteiger partial charge is 0.504 e. The number of rotatable bonds is 0. The van der Waals surface area contributed by atoms with Crippen LogP contribution in [0.5, 0.6) is 11.5 Å². The molecular weight excluding hydrogens is 174 g/mol. The van der Waals surface area contributed by atoms with Crippen molar-refractivity contribution in [1.29, 1.82) is 0 Å². The van der Waals surface area contributed by atoms with Gasteiger partial charge < -0.3 is 14.7 Å². The Balaban J connectivity index is 2.97. The Labute approximate surface area is 71.8 Å². The third-order valence-corrected chi connectivity index (χ3v) is 1.66. The highest BCUT2D eigenvalue weighted by Gasteiger charge is 2.06. The lowest BCUT2D eigenvalue weighted by Gasteiger charge is -1.97. The number of benzene rings is 1. The molecule has 1 aromatic heterocycles. The minimum atomic E-state index is -0.364. The maximum Gasteiger partial charge on any atom is 0.211 e. The molecule has 0 bridgehead atoms. The van der Waals surface area contributed by atoms with Gasteiger partial charge in [-0.15, -0.1) is 0 Å². The molecule has 0 aliphatic rings. The quantitative estimate of drug-likeness (QED) is 0.578. The molecule has 0 atom stereocenters. The number of phenolic OH excluding ortho intramolecular Hbond substituents is 2. The first-order valence-electron chi connectivity index (χ1n) is 3.49. The lowest BCUT2D eigenvalue weighted by Crippen LogP contribution is -1.99. The van der Waals surface area contributed by atoms with Crippen LogP contribution in [-0.2, 0) is 0 Å². The maximum atomic E-state index is 11.1. The molecule has 0 radical (unpaired) electrons. The summed E-state index contributed by atoms with van der Waals surface area (Å²) in [5.41, 5.74) is -0.223. The standard InChI is InChI=1S/C8H5NO4/c10-5-1-4-7(12)3-9-13-8(4)2-6(5)11/h1-3,10-11H. The van der Waals surface area contributed by atoms with Crippen molar-refractivity contribution in [2.45, 2.75) is 0 Å². The second-order valence-electron chi connectivity index (χ2n) is 2.53. The molecule has 0 unspecified atom stereocenters. The van der Waals surface area contributed by atoms with Crippen LogP contribution in [0.3, 0.4) is 0 Å². The van der Waals surface area contributed by atoms with Crippen molar-refractivity contribution >= 4 is 11.0 Å². The minimum absolute atomic E-state index is 0.141. The average Bonchev–Trinajstić information content (AvgIpc) is 2.09. The highest BCUT2D eigenvalue weighted by atomic mass is 16.5. The molecule has 13 heavy (non-hydrogen) atoms. The first-order chi connectivity index (χ1) is 6.18. The summed E-state index contributed by atoms with van der Waals surface area (Å²) in [6.45, 7) is 0. The van der Waals surface area contributed by atoms with Gasteiger partial charge in [0.2, 0.25) is 5.43 Å². The number of aromatic hydroxyl groups is 2. The van der Waals surface area contributed by atoms with Crippen molar-refractivity contribution in [3.63, 3.8) is 0 Å². The summed E-state index contributed by atoms with van der Waals surface area (Å²) in [5, 5.41) is 21.6. The van der Waals surface area contributed by atoms with Gasteiger partial charge in [-0.05, 0) is 6.07 Å². The highest BCUT2D eigenvalue weighted by molar-refractivity contribution is 5.79. The molecule has 0 amide bonds. The molecule has 2 aromatic rings. The van der Waals surface area contributed by atoms with Crippen LogP contribution in [0, 0.1) is 0 Å². The van der Waals surface area contributed by atoms with E-state index >= 15 is 0 Å². The number of hydrogen-bond acceptors (Lipinski definition) is 5.